The molecule has 2 N–H and O–H groups in total. The van der Waals surface area contributed by atoms with E-state index < -0.39 is 0 Å². The highest BCUT2D eigenvalue weighted by atomic mass is 16.5. The Kier molecular flexibility index (Phi) is 3.06. The summed E-state index contributed by atoms with van der Waals surface area (Å²) >= 11 is 0. The van der Waals surface area contributed by atoms with Crippen molar-refractivity contribution < 1.29 is 4.74 Å². The molecule has 0 fully saturated rings. The van der Waals surface area contributed by atoms with Crippen LogP contribution in [0.5, 0.6) is 5.75 Å². The van der Waals surface area contributed by atoms with E-state index in [-0.39, 0.29) is 0 Å². The molecule has 2 aromatic rings. The van der Waals surface area contributed by atoms with E-state index >= 15 is 0 Å². The van der Waals surface area contributed by atoms with Crippen molar-refractivity contribution in [1.29, 1.82) is 0 Å². The van der Waals surface area contributed by atoms with E-state index in [0.29, 0.717) is 6.54 Å². The summed E-state index contributed by atoms with van der Waals surface area (Å²) in [5.74, 6) is 0.837. The molecule has 0 saturated carbocycles. The molecule has 0 radical (unpaired) electrons. The van der Waals surface area contributed by atoms with Crippen LogP contribution in [0, 0.1) is 6.92 Å². The molecule has 1 heterocycles. The molecule has 84 valence electrons. The molecule has 0 amide bonds. The van der Waals surface area contributed by atoms with E-state index in [9.17, 15) is 0 Å². The summed E-state index contributed by atoms with van der Waals surface area (Å²) in [7, 11) is 1.66. The Hall–Kier alpha value is -1.61. The molecule has 0 aliphatic heterocycles. The van der Waals surface area contributed by atoms with Gasteiger partial charge in [-0.2, -0.15) is 0 Å². The fourth-order valence-electron chi connectivity index (χ4n) is 1.92. The molecular formula is C13H16N2O. The van der Waals surface area contributed by atoms with Gasteiger partial charge in [-0.1, -0.05) is 0 Å². The molecule has 0 saturated heterocycles. The van der Waals surface area contributed by atoms with Gasteiger partial charge in [0, 0.05) is 17.1 Å². The number of benzene rings is 1. The summed E-state index contributed by atoms with van der Waals surface area (Å²) in [6.45, 7) is 2.66. The maximum absolute atomic E-state index is 5.61. The van der Waals surface area contributed by atoms with Crippen LogP contribution in [0.3, 0.4) is 0 Å². The molecule has 0 unspecified atom stereocenters. The van der Waals surface area contributed by atoms with Crippen LogP contribution in [0.1, 0.15) is 11.3 Å². The average molecular weight is 216 g/mol. The lowest BCUT2D eigenvalue weighted by atomic mass is 10.0. The third-order valence-corrected chi connectivity index (χ3v) is 2.64. The molecule has 3 heteroatoms. The first kappa shape index (κ1) is 10.9. The second-order valence-electron chi connectivity index (χ2n) is 3.84. The van der Waals surface area contributed by atoms with E-state index in [4.69, 9.17) is 10.5 Å². The number of pyridine rings is 1. The minimum absolute atomic E-state index is 0.657. The fourth-order valence-corrected chi connectivity index (χ4v) is 1.92. The Bertz CT molecular complexity index is 509. The highest BCUT2D eigenvalue weighted by Gasteiger charge is 2.04. The van der Waals surface area contributed by atoms with Gasteiger partial charge in [0.15, 0.2) is 0 Å². The second-order valence-corrected chi connectivity index (χ2v) is 3.84. The summed E-state index contributed by atoms with van der Waals surface area (Å²) in [4.78, 5) is 4.51. The van der Waals surface area contributed by atoms with Crippen LogP contribution in [-0.2, 0) is 6.42 Å². The van der Waals surface area contributed by atoms with E-state index in [1.165, 1.54) is 5.56 Å². The van der Waals surface area contributed by atoms with Crippen LogP contribution in [0.15, 0.2) is 24.3 Å². The number of nitrogens with zero attached hydrogens (tertiary/aromatic N) is 1. The number of hydrogen-bond acceptors (Lipinski definition) is 3. The monoisotopic (exact) mass is 216 g/mol. The van der Waals surface area contributed by atoms with Gasteiger partial charge in [0.1, 0.15) is 5.75 Å². The van der Waals surface area contributed by atoms with Gasteiger partial charge in [0.05, 0.1) is 12.6 Å². The highest BCUT2D eigenvalue weighted by Crippen LogP contribution is 2.23. The molecule has 2 rings (SSSR count). The summed E-state index contributed by atoms with van der Waals surface area (Å²) in [6, 6.07) is 8.06. The Labute approximate surface area is 95.2 Å². The Balaban J connectivity index is 2.63. The summed E-state index contributed by atoms with van der Waals surface area (Å²) < 4.78 is 5.20. The highest BCUT2D eigenvalue weighted by molar-refractivity contribution is 5.83. The van der Waals surface area contributed by atoms with Gasteiger partial charge in [-0.3, -0.25) is 4.98 Å². The minimum atomic E-state index is 0.657. The number of aromatic nitrogens is 1. The van der Waals surface area contributed by atoms with Crippen molar-refractivity contribution in [2.45, 2.75) is 13.3 Å². The van der Waals surface area contributed by atoms with Crippen molar-refractivity contribution in [3.05, 3.63) is 35.5 Å². The zero-order valence-electron chi connectivity index (χ0n) is 9.66. The SMILES string of the molecule is COc1ccc2c(CCN)cc(C)nc2c1. The lowest BCUT2D eigenvalue weighted by molar-refractivity contribution is 0.415. The van der Waals surface area contributed by atoms with Gasteiger partial charge >= 0.3 is 0 Å². The Morgan fingerprint density at radius 2 is 2.12 bits per heavy atom. The van der Waals surface area contributed by atoms with E-state index in [2.05, 4.69) is 11.1 Å². The van der Waals surface area contributed by atoms with E-state index in [0.717, 1.165) is 28.8 Å². The maximum Gasteiger partial charge on any atom is 0.121 e. The van der Waals surface area contributed by atoms with Crippen molar-refractivity contribution in [3.63, 3.8) is 0 Å². The molecule has 0 aliphatic rings. The van der Waals surface area contributed by atoms with Crippen LogP contribution >= 0.6 is 0 Å². The van der Waals surface area contributed by atoms with Crippen molar-refractivity contribution in [1.82, 2.24) is 4.98 Å². The molecule has 16 heavy (non-hydrogen) atoms. The first-order valence-electron chi connectivity index (χ1n) is 5.39. The lowest BCUT2D eigenvalue weighted by Gasteiger charge is -2.08. The van der Waals surface area contributed by atoms with Crippen molar-refractivity contribution in [2.75, 3.05) is 13.7 Å². The fraction of sp³-hybridized carbons (Fsp3) is 0.308. The molecule has 0 spiro atoms. The number of nitrogens with two attached hydrogens (primary N) is 1. The minimum Gasteiger partial charge on any atom is -0.497 e. The number of ether oxygens (including phenoxy) is 1. The smallest absolute Gasteiger partial charge is 0.121 e. The first-order valence-corrected chi connectivity index (χ1v) is 5.39. The van der Waals surface area contributed by atoms with E-state index in [1.807, 2.05) is 25.1 Å². The zero-order chi connectivity index (χ0) is 11.5. The molecule has 0 atom stereocenters. The van der Waals surface area contributed by atoms with Gasteiger partial charge in [0.2, 0.25) is 0 Å². The second kappa shape index (κ2) is 4.49. The van der Waals surface area contributed by atoms with Crippen LogP contribution in [0.25, 0.3) is 10.9 Å². The predicted octanol–water partition coefficient (Wildman–Crippen LogP) is 2.05. The van der Waals surface area contributed by atoms with E-state index in [1.54, 1.807) is 7.11 Å². The maximum atomic E-state index is 5.61. The van der Waals surface area contributed by atoms with Gasteiger partial charge < -0.3 is 10.5 Å². The van der Waals surface area contributed by atoms with Gasteiger partial charge in [-0.25, -0.2) is 0 Å². The molecule has 3 nitrogen and oxygen atoms in total. The van der Waals surface area contributed by atoms with Gasteiger partial charge in [0.25, 0.3) is 0 Å². The largest absolute Gasteiger partial charge is 0.497 e. The predicted molar refractivity (Wildman–Crippen MR) is 65.8 cm³/mol. The standard InChI is InChI=1S/C13H16N2O/c1-9-7-10(5-6-14)12-4-3-11(16-2)8-13(12)15-9/h3-4,7-8H,5-6,14H2,1-2H3. The zero-order valence-corrected chi connectivity index (χ0v) is 9.66. The Morgan fingerprint density at radius 1 is 1.31 bits per heavy atom. The summed E-state index contributed by atoms with van der Waals surface area (Å²) in [5.41, 5.74) is 8.86. The van der Waals surface area contributed by atoms with Crippen LogP contribution in [0.4, 0.5) is 0 Å². The summed E-state index contributed by atoms with van der Waals surface area (Å²) in [5, 5.41) is 1.16. The average Bonchev–Trinajstić information content (AvgIpc) is 2.28. The number of hydrogen-bond donors (Lipinski definition) is 1. The molecule has 0 bridgehead atoms. The van der Waals surface area contributed by atoms with Crippen molar-refractivity contribution in [2.24, 2.45) is 5.73 Å². The molecule has 1 aromatic carbocycles. The lowest BCUT2D eigenvalue weighted by Crippen LogP contribution is -2.04. The third kappa shape index (κ3) is 1.99. The number of fused-ring (bicyclic) bond motifs is 1. The van der Waals surface area contributed by atoms with Crippen molar-refractivity contribution in [3.8, 4) is 5.75 Å². The Morgan fingerprint density at radius 3 is 2.81 bits per heavy atom. The first-order chi connectivity index (χ1) is 7.74. The quantitative estimate of drug-likeness (QED) is 0.854. The number of aryl methyl sites for hydroxylation is 1. The topological polar surface area (TPSA) is 48.1 Å². The molecule has 1 aromatic heterocycles. The molecular weight excluding hydrogens is 200 g/mol. The van der Waals surface area contributed by atoms with Crippen molar-refractivity contribution >= 4 is 10.9 Å². The van der Waals surface area contributed by atoms with Gasteiger partial charge in [-0.15, -0.1) is 0 Å². The third-order valence-electron chi connectivity index (χ3n) is 2.64. The molecule has 0 aliphatic carbocycles. The van der Waals surface area contributed by atoms with Crippen LogP contribution < -0.4 is 10.5 Å². The number of rotatable bonds is 3. The normalized spacial score (nSPS) is 10.7. The number of methoxy groups -OCH3 is 1. The van der Waals surface area contributed by atoms with Crippen LogP contribution in [0.2, 0.25) is 0 Å². The van der Waals surface area contributed by atoms with Crippen LogP contribution in [-0.4, -0.2) is 18.6 Å². The van der Waals surface area contributed by atoms with Gasteiger partial charge in [-0.05, 0) is 43.7 Å². The summed E-state index contributed by atoms with van der Waals surface area (Å²) in [6.07, 6.45) is 0.881.